The quantitative estimate of drug-likeness (QED) is 0.374. The summed E-state index contributed by atoms with van der Waals surface area (Å²) < 4.78 is 6.76. The fourth-order valence-corrected chi connectivity index (χ4v) is 4.63. The van der Waals surface area contributed by atoms with Crippen LogP contribution in [0.4, 0.5) is 0 Å². The molecular formula is C17H13Cl2N7O2S2. The van der Waals surface area contributed by atoms with Gasteiger partial charge in [-0.1, -0.05) is 34.5 Å². The van der Waals surface area contributed by atoms with E-state index in [1.807, 2.05) is 13.8 Å². The zero-order valence-corrected chi connectivity index (χ0v) is 19.0. The van der Waals surface area contributed by atoms with Crippen molar-refractivity contribution in [2.45, 2.75) is 37.0 Å². The van der Waals surface area contributed by atoms with Crippen molar-refractivity contribution in [3.8, 4) is 15.8 Å². The van der Waals surface area contributed by atoms with Gasteiger partial charge in [0.05, 0.1) is 38.2 Å². The molecule has 0 saturated heterocycles. The van der Waals surface area contributed by atoms with Crippen molar-refractivity contribution in [2.75, 3.05) is 0 Å². The molecule has 4 rings (SSSR count). The SMILES string of the molecule is CC(=O)Oc1ncc(-c2nc3cc(Cl)c(Cl)cc3nc2Sc2nnnn2C(C)C)s1. The topological polar surface area (TPSA) is 109 Å². The maximum Gasteiger partial charge on any atom is 0.309 e. The molecule has 154 valence electrons. The second kappa shape index (κ2) is 8.42. The number of carbonyl (C=O) groups excluding carboxylic acids is 1. The van der Waals surface area contributed by atoms with E-state index in [1.54, 1.807) is 23.0 Å². The molecule has 0 aliphatic carbocycles. The molecule has 0 atom stereocenters. The number of benzene rings is 1. The van der Waals surface area contributed by atoms with Crippen LogP contribution in [0, 0.1) is 0 Å². The van der Waals surface area contributed by atoms with E-state index in [4.69, 9.17) is 37.9 Å². The normalized spacial score (nSPS) is 11.4. The minimum Gasteiger partial charge on any atom is -0.398 e. The lowest BCUT2D eigenvalue weighted by Gasteiger charge is -2.10. The number of nitrogens with zero attached hydrogens (tertiary/aromatic N) is 7. The fraction of sp³-hybridized carbons (Fsp3) is 0.235. The number of ether oxygens (including phenoxy) is 1. The predicted molar refractivity (Wildman–Crippen MR) is 114 cm³/mol. The number of halogens is 2. The van der Waals surface area contributed by atoms with E-state index >= 15 is 0 Å². The summed E-state index contributed by atoms with van der Waals surface area (Å²) in [5.74, 6) is -0.451. The Morgan fingerprint density at radius 3 is 2.57 bits per heavy atom. The Labute approximate surface area is 188 Å². The van der Waals surface area contributed by atoms with Crippen LogP contribution in [0.25, 0.3) is 21.6 Å². The lowest BCUT2D eigenvalue weighted by Crippen LogP contribution is -2.05. The summed E-state index contributed by atoms with van der Waals surface area (Å²) >= 11 is 14.8. The Kier molecular flexibility index (Phi) is 5.87. The minimum absolute atomic E-state index is 0.0617. The third-order valence-corrected chi connectivity index (χ3v) is 6.30. The predicted octanol–water partition coefficient (Wildman–Crippen LogP) is 4.70. The average molecular weight is 482 g/mol. The first-order valence-corrected chi connectivity index (χ1v) is 11.0. The van der Waals surface area contributed by atoms with E-state index < -0.39 is 5.97 Å². The van der Waals surface area contributed by atoms with E-state index in [2.05, 4.69) is 20.5 Å². The molecule has 3 heterocycles. The molecule has 3 aromatic heterocycles. The molecule has 0 aliphatic rings. The van der Waals surface area contributed by atoms with Gasteiger partial charge in [0.25, 0.3) is 5.19 Å². The maximum absolute atomic E-state index is 11.2. The van der Waals surface area contributed by atoms with E-state index in [1.165, 1.54) is 30.0 Å². The van der Waals surface area contributed by atoms with Crippen molar-refractivity contribution >= 4 is 63.3 Å². The van der Waals surface area contributed by atoms with Gasteiger partial charge in [-0.15, -0.1) is 5.10 Å². The van der Waals surface area contributed by atoms with Crippen molar-refractivity contribution in [3.05, 3.63) is 28.4 Å². The second-order valence-electron chi connectivity index (χ2n) is 6.32. The van der Waals surface area contributed by atoms with Crippen molar-refractivity contribution in [2.24, 2.45) is 0 Å². The molecule has 4 aromatic rings. The van der Waals surface area contributed by atoms with Gasteiger partial charge in [0.1, 0.15) is 10.7 Å². The van der Waals surface area contributed by atoms with Crippen LogP contribution in [0.1, 0.15) is 26.8 Å². The molecule has 0 saturated carbocycles. The van der Waals surface area contributed by atoms with Crippen LogP contribution in [0.15, 0.2) is 28.5 Å². The van der Waals surface area contributed by atoms with E-state index in [0.29, 0.717) is 41.8 Å². The lowest BCUT2D eigenvalue weighted by molar-refractivity contribution is -0.131. The summed E-state index contributed by atoms with van der Waals surface area (Å²) in [6.45, 7) is 5.27. The maximum atomic E-state index is 11.2. The molecule has 30 heavy (non-hydrogen) atoms. The van der Waals surface area contributed by atoms with Crippen molar-refractivity contribution < 1.29 is 9.53 Å². The Balaban J connectivity index is 1.86. The van der Waals surface area contributed by atoms with E-state index in [-0.39, 0.29) is 11.2 Å². The Morgan fingerprint density at radius 1 is 1.20 bits per heavy atom. The fourth-order valence-electron chi connectivity index (χ4n) is 2.47. The summed E-state index contributed by atoms with van der Waals surface area (Å²) in [5, 5.41) is 13.9. The van der Waals surface area contributed by atoms with Crippen LogP contribution in [0.2, 0.25) is 10.0 Å². The summed E-state index contributed by atoms with van der Waals surface area (Å²) in [5.41, 5.74) is 1.68. The van der Waals surface area contributed by atoms with Gasteiger partial charge >= 0.3 is 5.97 Å². The van der Waals surface area contributed by atoms with Gasteiger partial charge in [-0.3, -0.25) is 4.79 Å². The highest BCUT2D eigenvalue weighted by Crippen LogP contribution is 2.39. The number of aromatic nitrogens is 7. The molecule has 0 N–H and O–H groups in total. The number of carbonyl (C=O) groups is 1. The van der Waals surface area contributed by atoms with Crippen molar-refractivity contribution in [3.63, 3.8) is 0 Å². The van der Waals surface area contributed by atoms with Gasteiger partial charge in [0.2, 0.25) is 5.16 Å². The third kappa shape index (κ3) is 4.24. The lowest BCUT2D eigenvalue weighted by atomic mass is 10.3. The summed E-state index contributed by atoms with van der Waals surface area (Å²) in [6, 6.07) is 3.37. The number of hydrogen-bond donors (Lipinski definition) is 0. The number of tetrazole rings is 1. The number of rotatable bonds is 5. The van der Waals surface area contributed by atoms with Crippen LogP contribution in [-0.4, -0.2) is 41.1 Å². The van der Waals surface area contributed by atoms with Crippen LogP contribution in [0.3, 0.4) is 0 Å². The first-order chi connectivity index (χ1) is 14.3. The summed E-state index contributed by atoms with van der Waals surface area (Å²) in [7, 11) is 0. The molecule has 0 radical (unpaired) electrons. The zero-order valence-electron chi connectivity index (χ0n) is 15.8. The average Bonchev–Trinajstić information content (AvgIpc) is 3.32. The van der Waals surface area contributed by atoms with Crippen LogP contribution < -0.4 is 4.74 Å². The van der Waals surface area contributed by atoms with Gasteiger partial charge in [-0.05, 0) is 48.2 Å². The van der Waals surface area contributed by atoms with Crippen molar-refractivity contribution in [1.29, 1.82) is 0 Å². The second-order valence-corrected chi connectivity index (χ2v) is 9.08. The third-order valence-electron chi connectivity index (χ3n) is 3.76. The van der Waals surface area contributed by atoms with Crippen LogP contribution in [0.5, 0.6) is 5.19 Å². The molecule has 0 unspecified atom stereocenters. The number of hydrogen-bond acceptors (Lipinski definition) is 10. The molecular weight excluding hydrogens is 469 g/mol. The molecule has 9 nitrogen and oxygen atoms in total. The van der Waals surface area contributed by atoms with Crippen molar-refractivity contribution in [1.82, 2.24) is 35.2 Å². The van der Waals surface area contributed by atoms with Gasteiger partial charge in [-0.25, -0.2) is 19.6 Å². The largest absolute Gasteiger partial charge is 0.398 e. The highest BCUT2D eigenvalue weighted by molar-refractivity contribution is 7.99. The highest BCUT2D eigenvalue weighted by atomic mass is 35.5. The standard InChI is InChI=1S/C17H13Cl2N7O2S2/c1-7(2)26-16(23-24-25-26)30-15-14(13-6-20-17(29-13)28-8(3)27)21-11-4-9(18)10(19)5-12(11)22-15/h4-7H,1-3H3. The molecule has 0 amide bonds. The smallest absolute Gasteiger partial charge is 0.309 e. The molecule has 0 bridgehead atoms. The molecule has 0 fully saturated rings. The van der Waals surface area contributed by atoms with Gasteiger partial charge in [0, 0.05) is 6.92 Å². The number of fused-ring (bicyclic) bond motifs is 1. The first kappa shape index (κ1) is 20.9. The van der Waals surface area contributed by atoms with E-state index in [9.17, 15) is 4.79 Å². The minimum atomic E-state index is -0.451. The highest BCUT2D eigenvalue weighted by Gasteiger charge is 2.20. The van der Waals surface area contributed by atoms with Crippen LogP contribution in [-0.2, 0) is 4.79 Å². The molecule has 1 aromatic carbocycles. The zero-order chi connectivity index (χ0) is 21.4. The first-order valence-electron chi connectivity index (χ1n) is 8.59. The molecule has 0 aliphatic heterocycles. The Bertz CT molecular complexity index is 1260. The Morgan fingerprint density at radius 2 is 1.90 bits per heavy atom. The van der Waals surface area contributed by atoms with E-state index in [0.717, 1.165) is 0 Å². The summed E-state index contributed by atoms with van der Waals surface area (Å²) in [4.78, 5) is 25.5. The van der Waals surface area contributed by atoms with Gasteiger partial charge in [0.15, 0.2) is 0 Å². The van der Waals surface area contributed by atoms with Gasteiger partial charge in [-0.2, -0.15) is 0 Å². The Hall–Kier alpha value is -2.34. The van der Waals surface area contributed by atoms with Gasteiger partial charge < -0.3 is 4.74 Å². The summed E-state index contributed by atoms with van der Waals surface area (Å²) in [6.07, 6.45) is 1.58. The molecule has 0 spiro atoms. The number of esters is 1. The van der Waals surface area contributed by atoms with Crippen LogP contribution >= 0.6 is 46.3 Å². The monoisotopic (exact) mass is 481 g/mol. The molecule has 13 heteroatoms. The number of thiazole rings is 1.